The highest BCUT2D eigenvalue weighted by Gasteiger charge is 2.25. The summed E-state index contributed by atoms with van der Waals surface area (Å²) in [6.07, 6.45) is 4.37. The first-order valence-electron chi connectivity index (χ1n) is 9.05. The van der Waals surface area contributed by atoms with Crippen LogP contribution < -0.4 is 14.8 Å². The zero-order valence-electron chi connectivity index (χ0n) is 15.6. The van der Waals surface area contributed by atoms with Crippen LogP contribution in [0.2, 0.25) is 0 Å². The van der Waals surface area contributed by atoms with Gasteiger partial charge in [0.1, 0.15) is 6.26 Å². The van der Waals surface area contributed by atoms with Gasteiger partial charge in [0.2, 0.25) is 0 Å². The standard InChI is InChI=1S/C20H24N2O5/c1-3-27-18-12-14(4-5-17(18)25-2)19(23)21-16-6-9-22(10-7-16)20(24)15-8-11-26-13-15/h4-5,8,11-13,16H,3,6-7,9-10H2,1-2H3,(H,21,23). The van der Waals surface area contributed by atoms with Gasteiger partial charge in [0.25, 0.3) is 11.8 Å². The minimum absolute atomic E-state index is 0.0311. The predicted molar refractivity (Wildman–Crippen MR) is 99.3 cm³/mol. The Balaban J connectivity index is 1.56. The van der Waals surface area contributed by atoms with Crippen LogP contribution in [0.5, 0.6) is 11.5 Å². The summed E-state index contributed by atoms with van der Waals surface area (Å²) in [6, 6.07) is 6.83. The third kappa shape index (κ3) is 4.42. The Kier molecular flexibility index (Phi) is 6.01. The van der Waals surface area contributed by atoms with Crippen molar-refractivity contribution in [2.24, 2.45) is 0 Å². The van der Waals surface area contributed by atoms with Crippen LogP contribution in [0.4, 0.5) is 0 Å². The fourth-order valence-electron chi connectivity index (χ4n) is 3.15. The molecule has 0 atom stereocenters. The van der Waals surface area contributed by atoms with Crippen LogP contribution in [0.15, 0.2) is 41.2 Å². The molecule has 144 valence electrons. The molecule has 7 nitrogen and oxygen atoms in total. The number of methoxy groups -OCH3 is 1. The lowest BCUT2D eigenvalue weighted by molar-refractivity contribution is 0.0697. The molecule has 0 unspecified atom stereocenters. The second kappa shape index (κ2) is 8.62. The number of benzene rings is 1. The number of hydrogen-bond acceptors (Lipinski definition) is 5. The van der Waals surface area contributed by atoms with Gasteiger partial charge in [-0.2, -0.15) is 0 Å². The molecule has 1 fully saturated rings. The van der Waals surface area contributed by atoms with Gasteiger partial charge < -0.3 is 24.1 Å². The number of amides is 2. The fraction of sp³-hybridized carbons (Fsp3) is 0.400. The zero-order chi connectivity index (χ0) is 19.2. The van der Waals surface area contributed by atoms with Crippen molar-refractivity contribution in [1.82, 2.24) is 10.2 Å². The average Bonchev–Trinajstić information content (AvgIpc) is 3.23. The van der Waals surface area contributed by atoms with Crippen molar-refractivity contribution in [2.75, 3.05) is 26.8 Å². The Morgan fingerprint density at radius 2 is 1.96 bits per heavy atom. The van der Waals surface area contributed by atoms with E-state index in [9.17, 15) is 9.59 Å². The molecule has 0 aliphatic carbocycles. The van der Waals surface area contributed by atoms with Crippen LogP contribution in [0.25, 0.3) is 0 Å². The van der Waals surface area contributed by atoms with Gasteiger partial charge in [-0.3, -0.25) is 9.59 Å². The summed E-state index contributed by atoms with van der Waals surface area (Å²) in [7, 11) is 1.57. The van der Waals surface area contributed by atoms with E-state index in [0.29, 0.717) is 55.2 Å². The van der Waals surface area contributed by atoms with E-state index in [2.05, 4.69) is 5.32 Å². The molecule has 7 heteroatoms. The van der Waals surface area contributed by atoms with Crippen LogP contribution in [0.1, 0.15) is 40.5 Å². The van der Waals surface area contributed by atoms with Crippen LogP contribution >= 0.6 is 0 Å². The van der Waals surface area contributed by atoms with E-state index in [1.54, 1.807) is 36.3 Å². The van der Waals surface area contributed by atoms with E-state index in [4.69, 9.17) is 13.9 Å². The summed E-state index contributed by atoms with van der Waals surface area (Å²) in [5.41, 5.74) is 1.08. The van der Waals surface area contributed by atoms with E-state index in [-0.39, 0.29) is 17.9 Å². The lowest BCUT2D eigenvalue weighted by Crippen LogP contribution is -2.46. The van der Waals surface area contributed by atoms with Crippen molar-refractivity contribution in [2.45, 2.75) is 25.8 Å². The van der Waals surface area contributed by atoms with Gasteiger partial charge >= 0.3 is 0 Å². The smallest absolute Gasteiger partial charge is 0.257 e. The third-order valence-corrected chi connectivity index (χ3v) is 4.61. The number of furan rings is 1. The predicted octanol–water partition coefficient (Wildman–Crippen LogP) is 2.72. The molecule has 1 N–H and O–H groups in total. The molecule has 2 heterocycles. The molecule has 2 aromatic rings. The van der Waals surface area contributed by atoms with Gasteiger partial charge in [-0.05, 0) is 44.0 Å². The van der Waals surface area contributed by atoms with E-state index >= 15 is 0 Å². The summed E-state index contributed by atoms with van der Waals surface area (Å²) in [4.78, 5) is 26.7. The number of piperidine rings is 1. The monoisotopic (exact) mass is 372 g/mol. The SMILES string of the molecule is CCOc1cc(C(=O)NC2CCN(C(=O)c3ccoc3)CC2)ccc1OC. The Morgan fingerprint density at radius 1 is 1.19 bits per heavy atom. The lowest BCUT2D eigenvalue weighted by Gasteiger charge is -2.32. The van der Waals surface area contributed by atoms with Gasteiger partial charge in [0, 0.05) is 24.7 Å². The van der Waals surface area contributed by atoms with Gasteiger partial charge in [0.15, 0.2) is 11.5 Å². The number of rotatable bonds is 6. The number of nitrogens with zero attached hydrogens (tertiary/aromatic N) is 1. The van der Waals surface area contributed by atoms with Gasteiger partial charge in [-0.1, -0.05) is 0 Å². The van der Waals surface area contributed by atoms with Gasteiger partial charge in [-0.15, -0.1) is 0 Å². The van der Waals surface area contributed by atoms with Crippen molar-refractivity contribution < 1.29 is 23.5 Å². The molecule has 0 bridgehead atoms. The summed E-state index contributed by atoms with van der Waals surface area (Å²) in [5, 5.41) is 3.04. The fourth-order valence-corrected chi connectivity index (χ4v) is 3.15. The molecule has 1 aromatic heterocycles. The third-order valence-electron chi connectivity index (χ3n) is 4.61. The van der Waals surface area contributed by atoms with Crippen LogP contribution in [0.3, 0.4) is 0 Å². The number of carbonyl (C=O) groups is 2. The zero-order valence-corrected chi connectivity index (χ0v) is 15.6. The van der Waals surface area contributed by atoms with Crippen LogP contribution in [-0.2, 0) is 0 Å². The normalized spacial score (nSPS) is 14.7. The molecule has 1 saturated heterocycles. The molecule has 0 spiro atoms. The first kappa shape index (κ1) is 18.8. The number of likely N-dealkylation sites (tertiary alicyclic amines) is 1. The first-order valence-corrected chi connectivity index (χ1v) is 9.05. The minimum Gasteiger partial charge on any atom is -0.493 e. The maximum absolute atomic E-state index is 12.6. The van der Waals surface area contributed by atoms with E-state index in [1.165, 1.54) is 12.5 Å². The Bertz CT molecular complexity index is 780. The molecule has 2 amide bonds. The quantitative estimate of drug-likeness (QED) is 0.843. The molecule has 1 aliphatic heterocycles. The number of hydrogen-bond donors (Lipinski definition) is 1. The molecule has 27 heavy (non-hydrogen) atoms. The molecule has 0 radical (unpaired) electrons. The van der Waals surface area contributed by atoms with Crippen molar-refractivity contribution in [3.63, 3.8) is 0 Å². The van der Waals surface area contributed by atoms with Crippen molar-refractivity contribution in [3.05, 3.63) is 47.9 Å². The van der Waals surface area contributed by atoms with Crippen LogP contribution in [-0.4, -0.2) is 49.6 Å². The lowest BCUT2D eigenvalue weighted by atomic mass is 10.0. The summed E-state index contributed by atoms with van der Waals surface area (Å²) < 4.78 is 15.7. The summed E-state index contributed by atoms with van der Waals surface area (Å²) in [5.74, 6) is 0.955. The molecular weight excluding hydrogens is 348 g/mol. The average molecular weight is 372 g/mol. The highest BCUT2D eigenvalue weighted by atomic mass is 16.5. The largest absolute Gasteiger partial charge is 0.493 e. The van der Waals surface area contributed by atoms with Crippen molar-refractivity contribution >= 4 is 11.8 Å². The van der Waals surface area contributed by atoms with Crippen molar-refractivity contribution in [1.29, 1.82) is 0 Å². The maximum Gasteiger partial charge on any atom is 0.257 e. The first-order chi connectivity index (χ1) is 13.1. The molecule has 1 aliphatic rings. The Morgan fingerprint density at radius 3 is 2.59 bits per heavy atom. The van der Waals surface area contributed by atoms with Crippen molar-refractivity contribution in [3.8, 4) is 11.5 Å². The van der Waals surface area contributed by atoms with Gasteiger partial charge in [-0.25, -0.2) is 0 Å². The minimum atomic E-state index is -0.154. The second-order valence-electron chi connectivity index (χ2n) is 6.35. The van der Waals surface area contributed by atoms with E-state index in [1.807, 2.05) is 6.92 Å². The number of ether oxygens (including phenoxy) is 2. The number of nitrogens with one attached hydrogen (secondary N) is 1. The Hall–Kier alpha value is -2.96. The summed E-state index contributed by atoms with van der Waals surface area (Å²) in [6.45, 7) is 3.57. The van der Waals surface area contributed by atoms with Gasteiger partial charge in [0.05, 0.1) is 25.5 Å². The maximum atomic E-state index is 12.6. The van der Waals surface area contributed by atoms with Crippen LogP contribution in [0, 0.1) is 0 Å². The molecule has 3 rings (SSSR count). The van der Waals surface area contributed by atoms with E-state index < -0.39 is 0 Å². The Labute approximate surface area is 158 Å². The molecule has 1 aromatic carbocycles. The highest BCUT2D eigenvalue weighted by Crippen LogP contribution is 2.28. The summed E-state index contributed by atoms with van der Waals surface area (Å²) >= 11 is 0. The highest BCUT2D eigenvalue weighted by molar-refractivity contribution is 5.95. The second-order valence-corrected chi connectivity index (χ2v) is 6.35. The topological polar surface area (TPSA) is 81.0 Å². The number of carbonyl (C=O) groups excluding carboxylic acids is 2. The molecular formula is C20H24N2O5. The van der Waals surface area contributed by atoms with E-state index in [0.717, 1.165) is 0 Å². The molecule has 0 saturated carbocycles.